The Morgan fingerprint density at radius 3 is 2.24 bits per heavy atom. The molecular weight excluding hydrogens is 447 g/mol. The zero-order chi connectivity index (χ0) is 24.1. The van der Waals surface area contributed by atoms with Gasteiger partial charge in [-0.3, -0.25) is 4.79 Å². The number of carbonyl (C=O) groups excluding carboxylic acids is 1. The maximum atomic E-state index is 13.2. The van der Waals surface area contributed by atoms with Crippen LogP contribution in [0.15, 0.2) is 53.7 Å². The standard InChI is InChI=1S/C23H25FN4O4S/c1-13(2)28-20(14(3)32-19-11-7-17(24)8-12-19)26-27-23(28)33-15(4)21(29)25-18-9-5-16(6-10-18)22(30)31/h5-15H,1-4H3,(H,25,29)(H,30,31). The summed E-state index contributed by atoms with van der Waals surface area (Å²) in [5.41, 5.74) is 0.648. The van der Waals surface area contributed by atoms with Gasteiger partial charge in [0.05, 0.1) is 10.8 Å². The van der Waals surface area contributed by atoms with Crippen LogP contribution in [0.5, 0.6) is 5.75 Å². The van der Waals surface area contributed by atoms with Crippen molar-refractivity contribution in [2.24, 2.45) is 0 Å². The molecule has 3 aromatic rings. The number of halogens is 1. The molecule has 0 saturated heterocycles. The Kier molecular flexibility index (Phi) is 7.70. The molecule has 1 heterocycles. The third kappa shape index (κ3) is 6.10. The van der Waals surface area contributed by atoms with Crippen molar-refractivity contribution in [3.8, 4) is 5.75 Å². The highest BCUT2D eigenvalue weighted by Crippen LogP contribution is 2.30. The lowest BCUT2D eigenvalue weighted by atomic mass is 10.2. The van der Waals surface area contributed by atoms with Crippen LogP contribution in [-0.2, 0) is 4.79 Å². The number of nitrogens with zero attached hydrogens (tertiary/aromatic N) is 3. The predicted octanol–water partition coefficient (Wildman–Crippen LogP) is 4.96. The number of carboxylic acid groups (broad SMARTS) is 1. The molecule has 0 aliphatic heterocycles. The Morgan fingerprint density at radius 1 is 1.03 bits per heavy atom. The van der Waals surface area contributed by atoms with E-state index in [2.05, 4.69) is 15.5 Å². The van der Waals surface area contributed by atoms with Gasteiger partial charge in [-0.2, -0.15) is 0 Å². The number of rotatable bonds is 9. The molecule has 0 aliphatic rings. The normalized spacial score (nSPS) is 12.9. The van der Waals surface area contributed by atoms with E-state index in [1.165, 1.54) is 36.0 Å². The van der Waals surface area contributed by atoms with Crippen LogP contribution in [0.1, 0.15) is 56.0 Å². The molecule has 0 aliphatic carbocycles. The van der Waals surface area contributed by atoms with Gasteiger partial charge in [-0.1, -0.05) is 11.8 Å². The first-order chi connectivity index (χ1) is 15.7. The van der Waals surface area contributed by atoms with Gasteiger partial charge in [-0.05, 0) is 76.2 Å². The quantitative estimate of drug-likeness (QED) is 0.424. The van der Waals surface area contributed by atoms with E-state index >= 15 is 0 Å². The zero-order valence-corrected chi connectivity index (χ0v) is 19.5. The van der Waals surface area contributed by atoms with Crippen LogP contribution >= 0.6 is 11.8 Å². The lowest BCUT2D eigenvalue weighted by Crippen LogP contribution is -2.23. The first-order valence-corrected chi connectivity index (χ1v) is 11.2. The van der Waals surface area contributed by atoms with Gasteiger partial charge in [0.25, 0.3) is 0 Å². The summed E-state index contributed by atoms with van der Waals surface area (Å²) in [5, 5.41) is 20.4. The highest BCUT2D eigenvalue weighted by molar-refractivity contribution is 8.00. The highest BCUT2D eigenvalue weighted by atomic mass is 32.2. The Morgan fingerprint density at radius 2 is 1.67 bits per heavy atom. The Bertz CT molecular complexity index is 1120. The number of hydrogen-bond donors (Lipinski definition) is 2. The molecule has 33 heavy (non-hydrogen) atoms. The van der Waals surface area contributed by atoms with Gasteiger partial charge in [0.15, 0.2) is 17.1 Å². The molecule has 0 spiro atoms. The summed E-state index contributed by atoms with van der Waals surface area (Å²) >= 11 is 1.26. The average Bonchev–Trinajstić information content (AvgIpc) is 3.19. The van der Waals surface area contributed by atoms with E-state index in [4.69, 9.17) is 9.84 Å². The van der Waals surface area contributed by atoms with E-state index < -0.39 is 17.3 Å². The van der Waals surface area contributed by atoms with Crippen molar-refractivity contribution in [1.82, 2.24) is 14.8 Å². The molecule has 0 fully saturated rings. The summed E-state index contributed by atoms with van der Waals surface area (Å²) in [4.78, 5) is 23.6. The molecule has 2 aromatic carbocycles. The molecule has 8 nitrogen and oxygen atoms in total. The molecule has 2 atom stereocenters. The summed E-state index contributed by atoms with van der Waals surface area (Å²) < 4.78 is 21.0. The number of carboxylic acids is 1. The van der Waals surface area contributed by atoms with Gasteiger partial charge in [0.1, 0.15) is 11.6 Å². The number of amides is 1. The lowest BCUT2D eigenvalue weighted by Gasteiger charge is -2.19. The third-order valence-corrected chi connectivity index (χ3v) is 5.81. The first kappa shape index (κ1) is 24.2. The fourth-order valence-electron chi connectivity index (χ4n) is 3.05. The van der Waals surface area contributed by atoms with Crippen molar-refractivity contribution in [1.29, 1.82) is 0 Å². The number of hydrogen-bond acceptors (Lipinski definition) is 6. The minimum absolute atomic E-state index is 0.00981. The van der Waals surface area contributed by atoms with Crippen molar-refractivity contribution in [2.75, 3.05) is 5.32 Å². The monoisotopic (exact) mass is 472 g/mol. The second-order valence-electron chi connectivity index (χ2n) is 7.65. The van der Waals surface area contributed by atoms with Gasteiger partial charge >= 0.3 is 5.97 Å². The van der Waals surface area contributed by atoms with E-state index in [1.54, 1.807) is 31.2 Å². The van der Waals surface area contributed by atoms with Crippen LogP contribution in [0.25, 0.3) is 0 Å². The number of aromatic nitrogens is 3. The number of anilines is 1. The van der Waals surface area contributed by atoms with E-state index in [-0.39, 0.29) is 23.3 Å². The molecule has 0 saturated carbocycles. The zero-order valence-electron chi connectivity index (χ0n) is 18.7. The maximum absolute atomic E-state index is 13.2. The fraction of sp³-hybridized carbons (Fsp3) is 0.304. The number of benzene rings is 2. The van der Waals surface area contributed by atoms with Crippen molar-refractivity contribution >= 4 is 29.3 Å². The van der Waals surface area contributed by atoms with Crippen LogP contribution in [0.2, 0.25) is 0 Å². The number of ether oxygens (including phenoxy) is 1. The third-order valence-electron chi connectivity index (χ3n) is 4.75. The Balaban J connectivity index is 1.70. The largest absolute Gasteiger partial charge is 0.483 e. The summed E-state index contributed by atoms with van der Waals surface area (Å²) in [5.74, 6) is -0.521. The van der Waals surface area contributed by atoms with Crippen LogP contribution in [0.4, 0.5) is 10.1 Å². The number of nitrogens with one attached hydrogen (secondary N) is 1. The Labute approximate surface area is 195 Å². The van der Waals surface area contributed by atoms with Gasteiger partial charge in [0.2, 0.25) is 5.91 Å². The van der Waals surface area contributed by atoms with E-state index in [0.717, 1.165) is 0 Å². The molecule has 1 aromatic heterocycles. The average molecular weight is 473 g/mol. The molecule has 3 rings (SSSR count). The molecule has 10 heteroatoms. The van der Waals surface area contributed by atoms with Gasteiger partial charge < -0.3 is 19.7 Å². The topological polar surface area (TPSA) is 106 Å². The molecule has 1 amide bonds. The minimum atomic E-state index is -1.03. The summed E-state index contributed by atoms with van der Waals surface area (Å²) in [6.45, 7) is 7.55. The minimum Gasteiger partial charge on any atom is -0.483 e. The van der Waals surface area contributed by atoms with Crippen molar-refractivity contribution < 1.29 is 23.8 Å². The van der Waals surface area contributed by atoms with Crippen molar-refractivity contribution in [3.05, 3.63) is 65.7 Å². The second-order valence-corrected chi connectivity index (χ2v) is 8.96. The van der Waals surface area contributed by atoms with E-state index in [0.29, 0.717) is 22.4 Å². The van der Waals surface area contributed by atoms with Crippen LogP contribution in [-0.4, -0.2) is 37.0 Å². The predicted molar refractivity (Wildman–Crippen MR) is 123 cm³/mol. The Hall–Kier alpha value is -3.40. The van der Waals surface area contributed by atoms with Crippen LogP contribution in [0, 0.1) is 5.82 Å². The fourth-order valence-corrected chi connectivity index (χ4v) is 4.04. The summed E-state index contributed by atoms with van der Waals surface area (Å²) in [6, 6.07) is 11.7. The molecular formula is C23H25FN4O4S. The molecule has 0 radical (unpaired) electrons. The lowest BCUT2D eigenvalue weighted by molar-refractivity contribution is -0.115. The maximum Gasteiger partial charge on any atom is 0.335 e. The van der Waals surface area contributed by atoms with Gasteiger partial charge in [0, 0.05) is 11.7 Å². The molecule has 2 unspecified atom stereocenters. The molecule has 2 N–H and O–H groups in total. The SMILES string of the molecule is CC(Sc1nnc(C(C)Oc2ccc(F)cc2)n1C(C)C)C(=O)Nc1ccc(C(=O)O)cc1. The van der Waals surface area contributed by atoms with Crippen molar-refractivity contribution in [3.63, 3.8) is 0 Å². The summed E-state index contributed by atoms with van der Waals surface area (Å²) in [6.07, 6.45) is -0.448. The van der Waals surface area contributed by atoms with Crippen molar-refractivity contribution in [2.45, 2.75) is 50.2 Å². The second kappa shape index (κ2) is 10.5. The molecule has 0 bridgehead atoms. The number of thioether (sulfide) groups is 1. The van der Waals surface area contributed by atoms with Gasteiger partial charge in [-0.25, -0.2) is 9.18 Å². The summed E-state index contributed by atoms with van der Waals surface area (Å²) in [7, 11) is 0. The van der Waals surface area contributed by atoms with E-state index in [1.807, 2.05) is 25.3 Å². The number of carbonyl (C=O) groups is 2. The first-order valence-electron chi connectivity index (χ1n) is 10.3. The van der Waals surface area contributed by atoms with Crippen LogP contribution < -0.4 is 10.1 Å². The van der Waals surface area contributed by atoms with Gasteiger partial charge in [-0.15, -0.1) is 10.2 Å². The molecule has 174 valence electrons. The van der Waals surface area contributed by atoms with Crippen LogP contribution in [0.3, 0.4) is 0 Å². The van der Waals surface area contributed by atoms with E-state index in [9.17, 15) is 14.0 Å². The highest BCUT2D eigenvalue weighted by Gasteiger charge is 2.25. The number of aromatic carboxylic acids is 1. The smallest absolute Gasteiger partial charge is 0.335 e.